The van der Waals surface area contributed by atoms with E-state index < -0.39 is 0 Å². The van der Waals surface area contributed by atoms with E-state index in [1.807, 2.05) is 146 Å². The number of hydrogen-bond acceptors (Lipinski definition) is 0. The molecule has 6 aromatic rings. The van der Waals surface area contributed by atoms with Crippen LogP contribution in [0.3, 0.4) is 0 Å². The second-order valence-electron chi connectivity index (χ2n) is 11.0. The molecule has 0 saturated carbocycles. The summed E-state index contributed by atoms with van der Waals surface area (Å²) in [6.45, 7) is 0. The van der Waals surface area contributed by atoms with Gasteiger partial charge in [-0.25, -0.2) is 0 Å². The van der Waals surface area contributed by atoms with E-state index in [0.717, 1.165) is 66.8 Å². The molecule has 0 unspecified atom stereocenters. The van der Waals surface area contributed by atoms with Crippen LogP contribution in [0.4, 0.5) is 0 Å². The minimum Gasteiger partial charge on any atom is -0.115 e. The lowest BCUT2D eigenvalue weighted by atomic mass is 10.1. The largest absolute Gasteiger partial charge is 0.115 e. The predicted octanol–water partition coefficient (Wildman–Crippen LogP) is 8.65. The minimum absolute atomic E-state index is 0.845. The monoisotopic (exact) mass is 626 g/mol. The molecule has 0 atom stereocenters. The molecule has 0 aliphatic heterocycles. The lowest BCUT2D eigenvalue weighted by Crippen LogP contribution is -1.81. The van der Waals surface area contributed by atoms with Crippen LogP contribution >= 0.6 is 0 Å². The standard InChI is InChI=1S/C50H26/c1-3-39-5-9-41(10-6-39)13-15-43-17-21-45(22-18-43)25-27-47-29-33-49(34-30-47)37-38-50-35-31-48(32-36-50)28-26-46-23-19-44(20-24-46)16-14-42-11-7-40(4-2)8-12-42/h1-2,5-12,17-24,29-36H. The zero-order valence-corrected chi connectivity index (χ0v) is 27.0. The van der Waals surface area contributed by atoms with Gasteiger partial charge in [0.2, 0.25) is 0 Å². The average Bonchev–Trinajstić information content (AvgIpc) is 3.19. The van der Waals surface area contributed by atoms with Gasteiger partial charge in [0.05, 0.1) is 0 Å². The van der Waals surface area contributed by atoms with Crippen LogP contribution in [-0.2, 0) is 0 Å². The van der Waals surface area contributed by atoms with Crippen LogP contribution in [0.5, 0.6) is 0 Å². The molecule has 0 saturated heterocycles. The van der Waals surface area contributed by atoms with Crippen molar-refractivity contribution in [3.63, 3.8) is 0 Å². The summed E-state index contributed by atoms with van der Waals surface area (Å²) < 4.78 is 0. The molecule has 0 aliphatic carbocycles. The van der Waals surface area contributed by atoms with Crippen molar-refractivity contribution in [2.45, 2.75) is 0 Å². The highest BCUT2D eigenvalue weighted by Gasteiger charge is 1.95. The Morgan fingerprint density at radius 1 is 0.180 bits per heavy atom. The quantitative estimate of drug-likeness (QED) is 0.148. The highest BCUT2D eigenvalue weighted by molar-refractivity contribution is 5.52. The molecule has 0 radical (unpaired) electrons. The predicted molar refractivity (Wildman–Crippen MR) is 204 cm³/mol. The van der Waals surface area contributed by atoms with Crippen molar-refractivity contribution < 1.29 is 0 Å². The zero-order valence-electron chi connectivity index (χ0n) is 27.0. The Kier molecular flexibility index (Phi) is 10.4. The van der Waals surface area contributed by atoms with Gasteiger partial charge in [0.1, 0.15) is 0 Å². The molecular formula is C50H26. The topological polar surface area (TPSA) is 0 Å². The van der Waals surface area contributed by atoms with Crippen LogP contribution in [0.15, 0.2) is 146 Å². The lowest BCUT2D eigenvalue weighted by molar-refractivity contribution is 1.57. The molecule has 50 heavy (non-hydrogen) atoms. The van der Waals surface area contributed by atoms with Crippen molar-refractivity contribution in [2.75, 3.05) is 0 Å². The third kappa shape index (κ3) is 9.39. The second-order valence-corrected chi connectivity index (χ2v) is 11.0. The van der Waals surface area contributed by atoms with Crippen LogP contribution in [0.1, 0.15) is 66.8 Å². The first-order chi connectivity index (χ1) is 24.6. The lowest BCUT2D eigenvalue weighted by Gasteiger charge is -1.95. The minimum atomic E-state index is 0.845. The second kappa shape index (κ2) is 16.2. The molecule has 0 aromatic heterocycles. The van der Waals surface area contributed by atoms with Gasteiger partial charge in [0.15, 0.2) is 0 Å². The normalized spacial score (nSPS) is 9.16. The Hall–Kier alpha value is -7.76. The van der Waals surface area contributed by atoms with E-state index in [-0.39, 0.29) is 0 Å². The fraction of sp³-hybridized carbons (Fsp3) is 0. The van der Waals surface area contributed by atoms with E-state index in [1.165, 1.54) is 0 Å². The number of benzene rings is 6. The fourth-order valence-corrected chi connectivity index (χ4v) is 4.57. The van der Waals surface area contributed by atoms with E-state index in [4.69, 9.17) is 12.8 Å². The maximum Gasteiger partial charge on any atom is 0.0249 e. The van der Waals surface area contributed by atoms with Crippen LogP contribution in [0.2, 0.25) is 0 Å². The van der Waals surface area contributed by atoms with Gasteiger partial charge in [-0.05, 0) is 146 Å². The summed E-state index contributed by atoms with van der Waals surface area (Å²) in [6.07, 6.45) is 10.8. The Morgan fingerprint density at radius 2 is 0.280 bits per heavy atom. The SMILES string of the molecule is C#Cc1ccc(C#Cc2ccc(C#Cc3ccc(C#Cc4ccc(C#Cc5ccc(C#Cc6ccc(C#C)cc6)cc5)cc4)cc3)cc2)cc1. The number of rotatable bonds is 0. The van der Waals surface area contributed by atoms with Crippen LogP contribution in [-0.4, -0.2) is 0 Å². The molecule has 6 aromatic carbocycles. The summed E-state index contributed by atoms with van der Waals surface area (Å²) >= 11 is 0. The van der Waals surface area contributed by atoms with Crippen LogP contribution < -0.4 is 0 Å². The van der Waals surface area contributed by atoms with Gasteiger partial charge in [-0.15, -0.1) is 12.8 Å². The molecular weight excluding hydrogens is 601 g/mol. The Labute approximate surface area is 295 Å². The zero-order chi connectivity index (χ0) is 34.4. The summed E-state index contributed by atoms with van der Waals surface area (Å²) in [7, 11) is 0. The van der Waals surface area contributed by atoms with Crippen molar-refractivity contribution in [3.05, 3.63) is 212 Å². The van der Waals surface area contributed by atoms with E-state index in [1.54, 1.807) is 0 Å². The Bertz CT molecular complexity index is 2360. The number of terminal acetylenes is 2. The van der Waals surface area contributed by atoms with Crippen LogP contribution in [0.25, 0.3) is 0 Å². The maximum atomic E-state index is 5.41. The molecule has 0 amide bonds. The van der Waals surface area contributed by atoms with Crippen molar-refractivity contribution >= 4 is 0 Å². The summed E-state index contributed by atoms with van der Waals surface area (Å²) in [5.41, 5.74) is 10.9. The molecule has 0 nitrogen and oxygen atoms in total. The van der Waals surface area contributed by atoms with Gasteiger partial charge in [-0.1, -0.05) is 71.0 Å². The first-order valence-electron chi connectivity index (χ1n) is 15.8. The third-order valence-corrected chi connectivity index (χ3v) is 7.40. The van der Waals surface area contributed by atoms with Crippen molar-refractivity contribution in [3.8, 4) is 83.9 Å². The summed E-state index contributed by atoms with van der Waals surface area (Å²) in [5, 5.41) is 0. The fourth-order valence-electron chi connectivity index (χ4n) is 4.57. The Balaban J connectivity index is 1.01. The summed E-state index contributed by atoms with van der Waals surface area (Å²) in [5.74, 6) is 37.3. The van der Waals surface area contributed by atoms with Gasteiger partial charge in [0.25, 0.3) is 0 Å². The summed E-state index contributed by atoms with van der Waals surface area (Å²) in [6, 6.07) is 47.0. The smallest absolute Gasteiger partial charge is 0.0249 e. The van der Waals surface area contributed by atoms with Gasteiger partial charge in [-0.2, -0.15) is 0 Å². The summed E-state index contributed by atoms with van der Waals surface area (Å²) in [4.78, 5) is 0. The van der Waals surface area contributed by atoms with Gasteiger partial charge in [0, 0.05) is 66.8 Å². The molecule has 6 rings (SSSR count). The molecule has 0 N–H and O–H groups in total. The highest BCUT2D eigenvalue weighted by atomic mass is 14.0. The van der Waals surface area contributed by atoms with Gasteiger partial charge >= 0.3 is 0 Å². The molecule has 226 valence electrons. The Morgan fingerprint density at radius 3 is 0.380 bits per heavy atom. The molecule has 0 spiro atoms. The van der Waals surface area contributed by atoms with E-state index in [2.05, 4.69) is 71.0 Å². The van der Waals surface area contributed by atoms with Gasteiger partial charge in [-0.3, -0.25) is 0 Å². The molecule has 0 fully saturated rings. The van der Waals surface area contributed by atoms with Gasteiger partial charge < -0.3 is 0 Å². The molecule has 0 aliphatic rings. The van der Waals surface area contributed by atoms with E-state index in [9.17, 15) is 0 Å². The molecule has 0 heterocycles. The first kappa shape index (κ1) is 32.2. The molecule has 0 bridgehead atoms. The van der Waals surface area contributed by atoms with Crippen LogP contribution in [0, 0.1) is 83.9 Å². The van der Waals surface area contributed by atoms with Crippen molar-refractivity contribution in [2.24, 2.45) is 0 Å². The van der Waals surface area contributed by atoms with E-state index >= 15 is 0 Å². The van der Waals surface area contributed by atoms with E-state index in [0.29, 0.717) is 0 Å². The number of hydrogen-bond donors (Lipinski definition) is 0. The molecule has 0 heteroatoms. The average molecular weight is 627 g/mol. The highest BCUT2D eigenvalue weighted by Crippen LogP contribution is 2.09. The first-order valence-corrected chi connectivity index (χ1v) is 15.8. The van der Waals surface area contributed by atoms with Crippen molar-refractivity contribution in [1.29, 1.82) is 0 Å². The van der Waals surface area contributed by atoms with Crippen molar-refractivity contribution in [1.82, 2.24) is 0 Å². The third-order valence-electron chi connectivity index (χ3n) is 7.40. The maximum absolute atomic E-state index is 5.41.